The number of nitrogens with one attached hydrogen (secondary N) is 1. The molecule has 96 valence electrons. The molecule has 0 fully saturated rings. The Kier molecular flexibility index (Phi) is 2.82. The van der Waals surface area contributed by atoms with Crippen molar-refractivity contribution in [1.29, 1.82) is 0 Å². The number of H-pyrrole nitrogens is 1. The number of aromatic amines is 1. The van der Waals surface area contributed by atoms with Crippen LogP contribution in [0, 0.1) is 13.8 Å². The van der Waals surface area contributed by atoms with E-state index >= 15 is 0 Å². The van der Waals surface area contributed by atoms with Gasteiger partial charge in [-0.05, 0) is 31.5 Å². The van der Waals surface area contributed by atoms with Crippen LogP contribution >= 0.6 is 15.9 Å². The summed E-state index contributed by atoms with van der Waals surface area (Å²) in [5, 5.41) is 0. The SMILES string of the molecule is Cc1ccc(-c2nc3c(N)cc(Br)cc3[nH]2)c(C)c1. The van der Waals surface area contributed by atoms with E-state index < -0.39 is 0 Å². The van der Waals surface area contributed by atoms with Gasteiger partial charge in [-0.15, -0.1) is 0 Å². The first-order valence-electron chi connectivity index (χ1n) is 6.07. The molecule has 0 bridgehead atoms. The first-order valence-corrected chi connectivity index (χ1v) is 6.86. The minimum absolute atomic E-state index is 0.677. The van der Waals surface area contributed by atoms with E-state index in [2.05, 4.69) is 57.9 Å². The molecule has 19 heavy (non-hydrogen) atoms. The third kappa shape index (κ3) is 2.12. The van der Waals surface area contributed by atoms with Crippen LogP contribution in [-0.4, -0.2) is 9.97 Å². The maximum absolute atomic E-state index is 6.00. The predicted molar refractivity (Wildman–Crippen MR) is 83.1 cm³/mol. The van der Waals surface area contributed by atoms with Gasteiger partial charge in [0.1, 0.15) is 11.3 Å². The monoisotopic (exact) mass is 315 g/mol. The number of nitrogen functional groups attached to an aromatic ring is 1. The maximum atomic E-state index is 6.00. The zero-order valence-corrected chi connectivity index (χ0v) is 12.4. The number of benzene rings is 2. The molecular weight excluding hydrogens is 302 g/mol. The quantitative estimate of drug-likeness (QED) is 0.661. The first kappa shape index (κ1) is 12.2. The minimum atomic E-state index is 0.677. The number of hydrogen-bond donors (Lipinski definition) is 2. The Bertz CT molecular complexity index is 774. The molecule has 3 N–H and O–H groups in total. The third-order valence-corrected chi connectivity index (χ3v) is 3.68. The number of imidazole rings is 1. The fourth-order valence-corrected chi connectivity index (χ4v) is 2.79. The van der Waals surface area contributed by atoms with E-state index in [1.807, 2.05) is 12.1 Å². The van der Waals surface area contributed by atoms with Crippen LogP contribution in [0.4, 0.5) is 5.69 Å². The van der Waals surface area contributed by atoms with Crippen molar-refractivity contribution in [3.63, 3.8) is 0 Å². The summed E-state index contributed by atoms with van der Waals surface area (Å²) in [6, 6.07) is 10.2. The van der Waals surface area contributed by atoms with E-state index in [0.717, 1.165) is 26.9 Å². The van der Waals surface area contributed by atoms with E-state index in [1.165, 1.54) is 11.1 Å². The van der Waals surface area contributed by atoms with Crippen LogP contribution in [0.15, 0.2) is 34.8 Å². The van der Waals surface area contributed by atoms with Crippen molar-refractivity contribution in [1.82, 2.24) is 9.97 Å². The Morgan fingerprint density at radius 2 is 1.95 bits per heavy atom. The highest BCUT2D eigenvalue weighted by Crippen LogP contribution is 2.29. The van der Waals surface area contributed by atoms with Crippen LogP contribution in [0.3, 0.4) is 0 Å². The lowest BCUT2D eigenvalue weighted by Gasteiger charge is -2.03. The van der Waals surface area contributed by atoms with Gasteiger partial charge in [-0.1, -0.05) is 39.7 Å². The van der Waals surface area contributed by atoms with Gasteiger partial charge in [0, 0.05) is 10.0 Å². The molecule has 4 heteroatoms. The molecule has 3 nitrogen and oxygen atoms in total. The van der Waals surface area contributed by atoms with Gasteiger partial charge < -0.3 is 10.7 Å². The summed E-state index contributed by atoms with van der Waals surface area (Å²) < 4.78 is 0.952. The third-order valence-electron chi connectivity index (χ3n) is 3.22. The van der Waals surface area contributed by atoms with Gasteiger partial charge in [-0.25, -0.2) is 4.98 Å². The Morgan fingerprint density at radius 1 is 1.16 bits per heavy atom. The van der Waals surface area contributed by atoms with Crippen LogP contribution in [0.5, 0.6) is 0 Å². The number of halogens is 1. The Hall–Kier alpha value is -1.81. The summed E-state index contributed by atoms with van der Waals surface area (Å²) in [7, 11) is 0. The summed E-state index contributed by atoms with van der Waals surface area (Å²) in [6.45, 7) is 4.18. The number of fused-ring (bicyclic) bond motifs is 1. The van der Waals surface area contributed by atoms with E-state index in [9.17, 15) is 0 Å². The number of rotatable bonds is 1. The standard InChI is InChI=1S/C15H14BrN3/c1-8-3-4-11(9(2)5-8)15-18-13-7-10(16)6-12(17)14(13)19-15/h3-7H,17H2,1-2H3,(H,18,19). The zero-order chi connectivity index (χ0) is 13.6. The smallest absolute Gasteiger partial charge is 0.138 e. The van der Waals surface area contributed by atoms with E-state index in [0.29, 0.717) is 5.69 Å². The molecule has 1 aromatic heterocycles. The van der Waals surface area contributed by atoms with Gasteiger partial charge in [-0.3, -0.25) is 0 Å². The molecule has 0 saturated heterocycles. The summed E-state index contributed by atoms with van der Waals surface area (Å²) in [4.78, 5) is 7.95. The number of anilines is 1. The van der Waals surface area contributed by atoms with Crippen molar-refractivity contribution in [2.45, 2.75) is 13.8 Å². The zero-order valence-electron chi connectivity index (χ0n) is 10.8. The molecule has 2 aromatic carbocycles. The van der Waals surface area contributed by atoms with Gasteiger partial charge in [0.05, 0.1) is 11.2 Å². The second-order valence-corrected chi connectivity index (χ2v) is 5.71. The Morgan fingerprint density at radius 3 is 2.68 bits per heavy atom. The lowest BCUT2D eigenvalue weighted by molar-refractivity contribution is 1.29. The van der Waals surface area contributed by atoms with Crippen molar-refractivity contribution in [2.24, 2.45) is 0 Å². The molecule has 0 aliphatic heterocycles. The molecule has 1 heterocycles. The molecular formula is C15H14BrN3. The fourth-order valence-electron chi connectivity index (χ4n) is 2.31. The second kappa shape index (κ2) is 4.38. The molecule has 3 rings (SSSR count). The number of nitrogens with two attached hydrogens (primary N) is 1. The lowest BCUT2D eigenvalue weighted by Crippen LogP contribution is -1.87. The molecule has 0 aliphatic rings. The van der Waals surface area contributed by atoms with Gasteiger partial charge in [0.25, 0.3) is 0 Å². The first-order chi connectivity index (χ1) is 9.04. The van der Waals surface area contributed by atoms with Crippen LogP contribution in [0.25, 0.3) is 22.4 Å². The maximum Gasteiger partial charge on any atom is 0.138 e. The molecule has 0 amide bonds. The van der Waals surface area contributed by atoms with Crippen molar-refractivity contribution >= 4 is 32.7 Å². The van der Waals surface area contributed by atoms with Crippen molar-refractivity contribution in [3.8, 4) is 11.4 Å². The average Bonchev–Trinajstić information content (AvgIpc) is 2.72. The van der Waals surface area contributed by atoms with E-state index in [4.69, 9.17) is 5.73 Å². The van der Waals surface area contributed by atoms with Gasteiger partial charge >= 0.3 is 0 Å². The van der Waals surface area contributed by atoms with E-state index in [1.54, 1.807) is 0 Å². The fraction of sp³-hybridized carbons (Fsp3) is 0.133. The number of aryl methyl sites for hydroxylation is 2. The van der Waals surface area contributed by atoms with Crippen molar-refractivity contribution in [3.05, 3.63) is 45.9 Å². The van der Waals surface area contributed by atoms with Crippen LogP contribution in [0.2, 0.25) is 0 Å². The normalized spacial score (nSPS) is 11.1. The predicted octanol–water partition coefficient (Wildman–Crippen LogP) is 4.19. The molecule has 0 spiro atoms. The summed E-state index contributed by atoms with van der Waals surface area (Å²) in [5.41, 5.74) is 12.0. The van der Waals surface area contributed by atoms with Gasteiger partial charge in [-0.2, -0.15) is 0 Å². The Balaban J connectivity index is 2.23. The summed E-state index contributed by atoms with van der Waals surface area (Å²) in [6.07, 6.45) is 0. The van der Waals surface area contributed by atoms with Crippen LogP contribution < -0.4 is 5.73 Å². The Labute approximate surface area is 120 Å². The largest absolute Gasteiger partial charge is 0.397 e. The topological polar surface area (TPSA) is 54.7 Å². The van der Waals surface area contributed by atoms with Crippen molar-refractivity contribution < 1.29 is 0 Å². The lowest BCUT2D eigenvalue weighted by atomic mass is 10.1. The van der Waals surface area contributed by atoms with Gasteiger partial charge in [0.15, 0.2) is 0 Å². The molecule has 3 aromatic rings. The van der Waals surface area contributed by atoms with Crippen LogP contribution in [0.1, 0.15) is 11.1 Å². The molecule has 0 radical (unpaired) electrons. The van der Waals surface area contributed by atoms with E-state index in [-0.39, 0.29) is 0 Å². The molecule has 0 atom stereocenters. The molecule has 0 aliphatic carbocycles. The number of nitrogens with zero attached hydrogens (tertiary/aromatic N) is 1. The number of aromatic nitrogens is 2. The highest BCUT2D eigenvalue weighted by atomic mass is 79.9. The molecule has 0 saturated carbocycles. The van der Waals surface area contributed by atoms with Gasteiger partial charge in [0.2, 0.25) is 0 Å². The average molecular weight is 316 g/mol. The second-order valence-electron chi connectivity index (χ2n) is 4.79. The minimum Gasteiger partial charge on any atom is -0.397 e. The highest BCUT2D eigenvalue weighted by molar-refractivity contribution is 9.10. The summed E-state index contributed by atoms with van der Waals surface area (Å²) in [5.74, 6) is 0.859. The highest BCUT2D eigenvalue weighted by Gasteiger charge is 2.10. The van der Waals surface area contributed by atoms with Crippen LogP contribution in [-0.2, 0) is 0 Å². The molecule has 0 unspecified atom stereocenters. The summed E-state index contributed by atoms with van der Waals surface area (Å²) >= 11 is 3.44. The number of hydrogen-bond acceptors (Lipinski definition) is 2. The van der Waals surface area contributed by atoms with Crippen molar-refractivity contribution in [2.75, 3.05) is 5.73 Å².